The Morgan fingerprint density at radius 1 is 0.893 bits per heavy atom. The summed E-state index contributed by atoms with van der Waals surface area (Å²) in [5.41, 5.74) is 4.89. The van der Waals surface area contributed by atoms with Gasteiger partial charge in [-0.3, -0.25) is 4.79 Å². The van der Waals surface area contributed by atoms with Crippen LogP contribution >= 0.6 is 0 Å². The van der Waals surface area contributed by atoms with Crippen LogP contribution in [0.15, 0.2) is 66.7 Å². The lowest BCUT2D eigenvalue weighted by molar-refractivity contribution is -0.118. The van der Waals surface area contributed by atoms with Gasteiger partial charge in [-0.1, -0.05) is 48.0 Å². The summed E-state index contributed by atoms with van der Waals surface area (Å²) in [5.74, 6) is 1.50. The maximum Gasteiger partial charge on any atom is 0.235 e. The van der Waals surface area contributed by atoms with Crippen LogP contribution in [-0.4, -0.2) is 12.7 Å². The van der Waals surface area contributed by atoms with E-state index < -0.39 is 5.41 Å². The standard InChI is InChI=1S/C24H21NO3.H2/c1-16-2-4-17(5-3-16)18-6-9-20(10-7-18)25-23(26)24(12-13-24)19-8-11-21-22(14-19)28-15-27-21;/h2-11,14H,12-13,15H2,1H3,(H,25,26);1H. The zero-order valence-electron chi connectivity index (χ0n) is 15.7. The van der Waals surface area contributed by atoms with Crippen LogP contribution < -0.4 is 14.8 Å². The van der Waals surface area contributed by atoms with E-state index in [1.54, 1.807) is 0 Å². The Morgan fingerprint density at radius 2 is 1.54 bits per heavy atom. The molecule has 3 aromatic carbocycles. The number of anilines is 1. The highest BCUT2D eigenvalue weighted by Crippen LogP contribution is 2.51. The fraction of sp³-hybridized carbons (Fsp3) is 0.208. The third-order valence-electron chi connectivity index (χ3n) is 5.64. The number of benzene rings is 3. The van der Waals surface area contributed by atoms with Gasteiger partial charge in [0.05, 0.1) is 5.41 Å². The summed E-state index contributed by atoms with van der Waals surface area (Å²) in [6, 6.07) is 22.2. The summed E-state index contributed by atoms with van der Waals surface area (Å²) in [6.45, 7) is 2.32. The van der Waals surface area contributed by atoms with Crippen molar-refractivity contribution in [3.8, 4) is 22.6 Å². The zero-order valence-corrected chi connectivity index (χ0v) is 15.7. The Balaban J connectivity index is 0.00000205. The van der Waals surface area contributed by atoms with E-state index in [1.807, 2.05) is 42.5 Å². The zero-order chi connectivity index (χ0) is 19.1. The van der Waals surface area contributed by atoms with Gasteiger partial charge in [0.1, 0.15) is 0 Å². The summed E-state index contributed by atoms with van der Waals surface area (Å²) in [4.78, 5) is 13.0. The molecule has 4 nitrogen and oxygen atoms in total. The van der Waals surface area contributed by atoms with Gasteiger partial charge in [-0.25, -0.2) is 0 Å². The Bertz CT molecular complexity index is 1040. The summed E-state index contributed by atoms with van der Waals surface area (Å²) < 4.78 is 10.8. The van der Waals surface area contributed by atoms with Gasteiger partial charge < -0.3 is 14.8 Å². The van der Waals surface area contributed by atoms with Crippen LogP contribution in [0.5, 0.6) is 11.5 Å². The lowest BCUT2D eigenvalue weighted by Crippen LogP contribution is -2.27. The van der Waals surface area contributed by atoms with Gasteiger partial charge in [-0.05, 0) is 60.7 Å². The molecule has 1 heterocycles. The average Bonchev–Trinajstić information content (AvgIpc) is 3.40. The van der Waals surface area contributed by atoms with Crippen LogP contribution in [0.25, 0.3) is 11.1 Å². The molecular weight excluding hydrogens is 350 g/mol. The molecule has 142 valence electrons. The number of rotatable bonds is 4. The van der Waals surface area contributed by atoms with E-state index in [2.05, 4.69) is 36.5 Å². The molecule has 1 N–H and O–H groups in total. The second-order valence-electron chi connectivity index (χ2n) is 7.55. The van der Waals surface area contributed by atoms with Crippen LogP contribution in [0, 0.1) is 6.92 Å². The van der Waals surface area contributed by atoms with Crippen molar-refractivity contribution in [2.45, 2.75) is 25.2 Å². The quantitative estimate of drug-likeness (QED) is 0.674. The number of amides is 1. The first-order chi connectivity index (χ1) is 13.6. The largest absolute Gasteiger partial charge is 0.454 e. The molecule has 1 fully saturated rings. The average molecular weight is 373 g/mol. The smallest absolute Gasteiger partial charge is 0.235 e. The van der Waals surface area contributed by atoms with E-state index in [0.717, 1.165) is 41.2 Å². The molecule has 4 heteroatoms. The fourth-order valence-electron chi connectivity index (χ4n) is 3.71. The Kier molecular flexibility index (Phi) is 3.86. The Morgan fingerprint density at radius 3 is 2.21 bits per heavy atom. The first kappa shape index (κ1) is 16.9. The van der Waals surface area contributed by atoms with Gasteiger partial charge >= 0.3 is 0 Å². The number of hydrogen-bond acceptors (Lipinski definition) is 3. The van der Waals surface area contributed by atoms with Gasteiger partial charge in [0.15, 0.2) is 11.5 Å². The van der Waals surface area contributed by atoms with E-state index in [1.165, 1.54) is 11.1 Å². The topological polar surface area (TPSA) is 47.6 Å². The number of carbonyl (C=O) groups is 1. The third kappa shape index (κ3) is 2.91. The molecule has 3 aromatic rings. The molecule has 5 rings (SSSR count). The molecule has 1 aliphatic heterocycles. The minimum Gasteiger partial charge on any atom is -0.454 e. The number of nitrogens with one attached hydrogen (secondary N) is 1. The highest BCUT2D eigenvalue weighted by molar-refractivity contribution is 6.01. The highest BCUT2D eigenvalue weighted by Gasteiger charge is 2.51. The van der Waals surface area contributed by atoms with Crippen molar-refractivity contribution in [1.82, 2.24) is 0 Å². The summed E-state index contributed by atoms with van der Waals surface area (Å²) in [6.07, 6.45) is 1.69. The minimum atomic E-state index is -0.462. The molecule has 1 aliphatic carbocycles. The molecule has 0 radical (unpaired) electrons. The first-order valence-corrected chi connectivity index (χ1v) is 9.53. The molecule has 0 bridgehead atoms. The normalized spacial score (nSPS) is 15.9. The molecule has 1 saturated carbocycles. The van der Waals surface area contributed by atoms with E-state index in [9.17, 15) is 4.79 Å². The van der Waals surface area contributed by atoms with Crippen molar-refractivity contribution >= 4 is 11.6 Å². The molecular formula is C24H23NO3. The number of hydrogen-bond donors (Lipinski definition) is 1. The Hall–Kier alpha value is -3.27. The summed E-state index contributed by atoms with van der Waals surface area (Å²) in [7, 11) is 0. The minimum absolute atomic E-state index is 0. The second kappa shape index (κ2) is 6.41. The number of aryl methyl sites for hydroxylation is 1. The van der Waals surface area contributed by atoms with Crippen molar-refractivity contribution < 1.29 is 15.7 Å². The van der Waals surface area contributed by atoms with Crippen LogP contribution in [0.4, 0.5) is 5.69 Å². The number of carbonyl (C=O) groups excluding carboxylic acids is 1. The van der Waals surface area contributed by atoms with Gasteiger partial charge in [-0.15, -0.1) is 0 Å². The maximum absolute atomic E-state index is 13.0. The van der Waals surface area contributed by atoms with Crippen LogP contribution in [-0.2, 0) is 10.2 Å². The van der Waals surface area contributed by atoms with E-state index >= 15 is 0 Å². The fourth-order valence-corrected chi connectivity index (χ4v) is 3.71. The lowest BCUT2D eigenvalue weighted by Gasteiger charge is -2.16. The number of ether oxygens (including phenoxy) is 2. The van der Waals surface area contributed by atoms with Crippen LogP contribution in [0.1, 0.15) is 25.4 Å². The predicted molar refractivity (Wildman–Crippen MR) is 111 cm³/mol. The number of fused-ring (bicyclic) bond motifs is 1. The van der Waals surface area contributed by atoms with E-state index in [0.29, 0.717) is 0 Å². The predicted octanol–water partition coefficient (Wildman–Crippen LogP) is 5.31. The molecule has 0 aromatic heterocycles. The van der Waals surface area contributed by atoms with E-state index in [4.69, 9.17) is 9.47 Å². The molecule has 0 spiro atoms. The molecule has 0 unspecified atom stereocenters. The van der Waals surface area contributed by atoms with Crippen molar-refractivity contribution in [2.75, 3.05) is 12.1 Å². The van der Waals surface area contributed by atoms with Crippen molar-refractivity contribution in [2.24, 2.45) is 0 Å². The molecule has 28 heavy (non-hydrogen) atoms. The monoisotopic (exact) mass is 373 g/mol. The van der Waals surface area contributed by atoms with Gasteiger partial charge in [0, 0.05) is 7.11 Å². The van der Waals surface area contributed by atoms with Crippen LogP contribution in [0.2, 0.25) is 0 Å². The SMILES string of the molecule is Cc1ccc(-c2ccc(NC(=O)C3(c4ccc5c(c4)OCO5)CC3)cc2)cc1.[HH]. The molecule has 1 amide bonds. The molecule has 0 saturated heterocycles. The Labute approximate surface area is 165 Å². The van der Waals surface area contributed by atoms with Gasteiger partial charge in [0.25, 0.3) is 0 Å². The van der Waals surface area contributed by atoms with Crippen molar-refractivity contribution in [1.29, 1.82) is 0 Å². The maximum atomic E-state index is 13.0. The summed E-state index contributed by atoms with van der Waals surface area (Å²) >= 11 is 0. The van der Waals surface area contributed by atoms with Gasteiger partial charge in [-0.2, -0.15) is 0 Å². The van der Waals surface area contributed by atoms with E-state index in [-0.39, 0.29) is 14.1 Å². The molecule has 2 aliphatic rings. The highest BCUT2D eigenvalue weighted by atomic mass is 16.7. The summed E-state index contributed by atoms with van der Waals surface area (Å²) in [5, 5.41) is 3.09. The van der Waals surface area contributed by atoms with Crippen molar-refractivity contribution in [3.63, 3.8) is 0 Å². The lowest BCUT2D eigenvalue weighted by atomic mass is 9.94. The van der Waals surface area contributed by atoms with Crippen LogP contribution in [0.3, 0.4) is 0 Å². The first-order valence-electron chi connectivity index (χ1n) is 9.53. The van der Waals surface area contributed by atoms with Crippen molar-refractivity contribution in [3.05, 3.63) is 77.9 Å². The molecule has 0 atom stereocenters. The third-order valence-corrected chi connectivity index (χ3v) is 5.64. The second-order valence-corrected chi connectivity index (χ2v) is 7.55. The van der Waals surface area contributed by atoms with Gasteiger partial charge in [0.2, 0.25) is 12.7 Å².